The number of nitrogens with zero attached hydrogens (tertiary/aromatic N) is 4. The fourth-order valence-electron chi connectivity index (χ4n) is 3.43. The van der Waals surface area contributed by atoms with Crippen LogP contribution in [0.5, 0.6) is 0 Å². The summed E-state index contributed by atoms with van der Waals surface area (Å²) in [5, 5.41) is 17.9. The largest absolute Gasteiger partial charge is 0.356 e. The molecule has 1 saturated heterocycles. The number of hydrogen-bond donors (Lipinski definition) is 0. The monoisotopic (exact) mass is 271 g/mol. The SMILES string of the molecule is N#CCC1[CH]CCN(C2CCCCCCC2)C1=NC#N. The third-order valence-corrected chi connectivity index (χ3v) is 4.44. The average Bonchev–Trinajstić information content (AvgIpc) is 2.41. The number of hydrogen-bond acceptors (Lipinski definition) is 3. The van der Waals surface area contributed by atoms with Gasteiger partial charge in [0.25, 0.3) is 0 Å². The summed E-state index contributed by atoms with van der Waals surface area (Å²) < 4.78 is 0. The first-order valence-corrected chi connectivity index (χ1v) is 7.80. The van der Waals surface area contributed by atoms with Crippen molar-refractivity contribution < 1.29 is 0 Å². The molecule has 4 heteroatoms. The van der Waals surface area contributed by atoms with Crippen LogP contribution in [0.3, 0.4) is 0 Å². The van der Waals surface area contributed by atoms with Crippen molar-refractivity contribution in [3.05, 3.63) is 6.42 Å². The summed E-state index contributed by atoms with van der Waals surface area (Å²) in [7, 11) is 0. The average molecular weight is 271 g/mol. The smallest absolute Gasteiger partial charge is 0.207 e. The maximum atomic E-state index is 8.96. The quantitative estimate of drug-likeness (QED) is 0.723. The lowest BCUT2D eigenvalue weighted by Gasteiger charge is -2.40. The van der Waals surface area contributed by atoms with E-state index in [9.17, 15) is 0 Å². The lowest BCUT2D eigenvalue weighted by Crippen LogP contribution is -2.47. The maximum absolute atomic E-state index is 8.96. The number of aliphatic imine (C=N–C) groups is 1. The minimum atomic E-state index is 0.0406. The minimum Gasteiger partial charge on any atom is -0.356 e. The van der Waals surface area contributed by atoms with Crippen LogP contribution in [0.25, 0.3) is 0 Å². The molecule has 0 bridgehead atoms. The molecule has 20 heavy (non-hydrogen) atoms. The summed E-state index contributed by atoms with van der Waals surface area (Å²) in [6, 6.07) is 2.73. The summed E-state index contributed by atoms with van der Waals surface area (Å²) in [6.45, 7) is 0.951. The fourth-order valence-corrected chi connectivity index (χ4v) is 3.43. The van der Waals surface area contributed by atoms with E-state index in [1.807, 2.05) is 6.19 Å². The molecule has 2 rings (SSSR count). The zero-order valence-electron chi connectivity index (χ0n) is 12.1. The Balaban J connectivity index is 2.12. The van der Waals surface area contributed by atoms with E-state index >= 15 is 0 Å². The van der Waals surface area contributed by atoms with Crippen LogP contribution in [0.1, 0.15) is 57.8 Å². The van der Waals surface area contributed by atoms with E-state index in [2.05, 4.69) is 22.4 Å². The molecule has 107 valence electrons. The fraction of sp³-hybridized carbons (Fsp3) is 0.750. The number of amidine groups is 1. The van der Waals surface area contributed by atoms with Crippen LogP contribution in [0, 0.1) is 35.1 Å². The van der Waals surface area contributed by atoms with Crippen molar-refractivity contribution in [2.75, 3.05) is 6.54 Å². The zero-order chi connectivity index (χ0) is 14.2. The van der Waals surface area contributed by atoms with Crippen LogP contribution < -0.4 is 0 Å². The lowest BCUT2D eigenvalue weighted by atomic mass is 9.89. The number of nitriles is 2. The third kappa shape index (κ3) is 3.73. The van der Waals surface area contributed by atoms with Crippen molar-refractivity contribution in [2.45, 2.75) is 63.8 Å². The number of likely N-dealkylation sites (tertiary alicyclic amines) is 1. The van der Waals surface area contributed by atoms with Gasteiger partial charge in [-0.05, 0) is 25.7 Å². The number of rotatable bonds is 2. The Kier molecular flexibility index (Phi) is 5.87. The Morgan fingerprint density at radius 3 is 2.50 bits per heavy atom. The summed E-state index contributed by atoms with van der Waals surface area (Å²) in [5.41, 5.74) is 0. The molecule has 0 N–H and O–H groups in total. The molecular formula is C16H23N4. The third-order valence-electron chi connectivity index (χ3n) is 4.44. The van der Waals surface area contributed by atoms with Crippen molar-refractivity contribution in [1.82, 2.24) is 4.90 Å². The Bertz CT molecular complexity index is 407. The molecule has 1 aliphatic carbocycles. The van der Waals surface area contributed by atoms with E-state index in [1.165, 1.54) is 44.9 Å². The molecule has 0 aromatic heterocycles. The standard InChI is InChI=1S/C16H23N4/c17-11-10-14-7-6-12-20(16(14)19-13-18)15-8-4-2-1-3-5-9-15/h7,14-15H,1-6,8-10,12H2. The first kappa shape index (κ1) is 14.9. The Morgan fingerprint density at radius 1 is 1.15 bits per heavy atom. The van der Waals surface area contributed by atoms with Gasteiger partial charge in [0.15, 0.2) is 0 Å². The van der Waals surface area contributed by atoms with Gasteiger partial charge in [0.1, 0.15) is 5.84 Å². The van der Waals surface area contributed by atoms with Gasteiger partial charge in [-0.2, -0.15) is 15.5 Å². The predicted octanol–water partition coefficient (Wildman–Crippen LogP) is 3.42. The van der Waals surface area contributed by atoms with Crippen molar-refractivity contribution in [3.8, 4) is 12.3 Å². The van der Waals surface area contributed by atoms with E-state index in [4.69, 9.17) is 10.5 Å². The highest BCUT2D eigenvalue weighted by Gasteiger charge is 2.31. The Hall–Kier alpha value is -1.55. The van der Waals surface area contributed by atoms with Gasteiger partial charge in [-0.25, -0.2) is 0 Å². The second-order valence-electron chi connectivity index (χ2n) is 5.76. The van der Waals surface area contributed by atoms with Crippen LogP contribution in [0.2, 0.25) is 0 Å². The molecule has 1 aliphatic heterocycles. The van der Waals surface area contributed by atoms with Crippen LogP contribution in [0.15, 0.2) is 4.99 Å². The molecule has 2 fully saturated rings. The van der Waals surface area contributed by atoms with Crippen molar-refractivity contribution in [3.63, 3.8) is 0 Å². The molecular weight excluding hydrogens is 248 g/mol. The zero-order valence-corrected chi connectivity index (χ0v) is 12.1. The lowest BCUT2D eigenvalue weighted by molar-refractivity contribution is 0.237. The van der Waals surface area contributed by atoms with E-state index in [1.54, 1.807) is 0 Å². The molecule has 2 aliphatic rings. The molecule has 1 atom stereocenters. The van der Waals surface area contributed by atoms with E-state index in [-0.39, 0.29) is 5.92 Å². The molecule has 0 aromatic rings. The van der Waals surface area contributed by atoms with Gasteiger partial charge in [-0.1, -0.05) is 32.1 Å². The van der Waals surface area contributed by atoms with Gasteiger partial charge in [-0.15, -0.1) is 0 Å². The highest BCUT2D eigenvalue weighted by molar-refractivity contribution is 5.88. The topological polar surface area (TPSA) is 63.2 Å². The molecule has 1 radical (unpaired) electrons. The number of piperidine rings is 1. The minimum absolute atomic E-state index is 0.0406. The molecule has 0 spiro atoms. The summed E-state index contributed by atoms with van der Waals surface area (Å²) in [6.07, 6.45) is 14.5. The Labute approximate surface area is 122 Å². The van der Waals surface area contributed by atoms with E-state index in [0.29, 0.717) is 12.5 Å². The second kappa shape index (κ2) is 7.90. The highest BCUT2D eigenvalue weighted by atomic mass is 15.2. The van der Waals surface area contributed by atoms with Crippen LogP contribution in [0.4, 0.5) is 0 Å². The van der Waals surface area contributed by atoms with Gasteiger partial charge in [0, 0.05) is 24.9 Å². The van der Waals surface area contributed by atoms with Crippen LogP contribution in [-0.2, 0) is 0 Å². The summed E-state index contributed by atoms with van der Waals surface area (Å²) in [5.74, 6) is 0.879. The van der Waals surface area contributed by atoms with Gasteiger partial charge < -0.3 is 4.90 Å². The molecule has 1 saturated carbocycles. The molecule has 0 amide bonds. The Morgan fingerprint density at radius 2 is 1.85 bits per heavy atom. The summed E-state index contributed by atoms with van der Waals surface area (Å²) >= 11 is 0. The van der Waals surface area contributed by atoms with Gasteiger partial charge >= 0.3 is 0 Å². The van der Waals surface area contributed by atoms with E-state index < -0.39 is 0 Å². The van der Waals surface area contributed by atoms with Crippen LogP contribution >= 0.6 is 0 Å². The normalized spacial score (nSPS) is 27.4. The van der Waals surface area contributed by atoms with Crippen molar-refractivity contribution in [1.29, 1.82) is 10.5 Å². The maximum Gasteiger partial charge on any atom is 0.207 e. The predicted molar refractivity (Wildman–Crippen MR) is 78.5 cm³/mol. The molecule has 0 aromatic carbocycles. The highest BCUT2D eigenvalue weighted by Crippen LogP contribution is 2.28. The molecule has 1 unspecified atom stereocenters. The van der Waals surface area contributed by atoms with E-state index in [0.717, 1.165) is 18.8 Å². The van der Waals surface area contributed by atoms with Gasteiger partial charge in [0.2, 0.25) is 6.19 Å². The van der Waals surface area contributed by atoms with Gasteiger partial charge in [0.05, 0.1) is 6.07 Å². The summed E-state index contributed by atoms with van der Waals surface area (Å²) in [4.78, 5) is 6.39. The second-order valence-corrected chi connectivity index (χ2v) is 5.76. The molecule has 1 heterocycles. The first-order valence-electron chi connectivity index (χ1n) is 7.80. The van der Waals surface area contributed by atoms with Crippen molar-refractivity contribution in [2.24, 2.45) is 10.9 Å². The van der Waals surface area contributed by atoms with Gasteiger partial charge in [-0.3, -0.25) is 0 Å². The van der Waals surface area contributed by atoms with Crippen LogP contribution in [-0.4, -0.2) is 23.3 Å². The molecule has 4 nitrogen and oxygen atoms in total. The van der Waals surface area contributed by atoms with Crippen molar-refractivity contribution >= 4 is 5.84 Å². The first-order chi connectivity index (χ1) is 9.86.